The number of aromatic nitrogens is 2. The van der Waals surface area contributed by atoms with E-state index in [1.54, 1.807) is 6.20 Å². The van der Waals surface area contributed by atoms with Crippen molar-refractivity contribution in [3.8, 4) is 0 Å². The minimum Gasteiger partial charge on any atom is -0.465 e. The van der Waals surface area contributed by atoms with Crippen LogP contribution in [0.5, 0.6) is 0 Å². The van der Waals surface area contributed by atoms with E-state index in [1.165, 1.54) is 32.1 Å². The van der Waals surface area contributed by atoms with Crippen molar-refractivity contribution in [1.29, 1.82) is 0 Å². The fourth-order valence-electron chi connectivity index (χ4n) is 2.99. The minimum atomic E-state index is -0.0314. The van der Waals surface area contributed by atoms with Crippen LogP contribution in [0.4, 0.5) is 0 Å². The first-order valence-electron chi connectivity index (χ1n) is 7.90. The Morgan fingerprint density at radius 2 is 2.20 bits per heavy atom. The summed E-state index contributed by atoms with van der Waals surface area (Å²) in [5.74, 6) is 0.745. The largest absolute Gasteiger partial charge is 0.465 e. The lowest BCUT2D eigenvalue weighted by molar-refractivity contribution is -0.148. The Morgan fingerprint density at radius 3 is 2.90 bits per heavy atom. The minimum absolute atomic E-state index is 0.0314. The van der Waals surface area contributed by atoms with Gasteiger partial charge in [0.2, 0.25) is 0 Å². The van der Waals surface area contributed by atoms with Gasteiger partial charge in [0.25, 0.3) is 0 Å². The third kappa shape index (κ3) is 4.99. The lowest BCUT2D eigenvalue weighted by atomic mass is 9.83. The summed E-state index contributed by atoms with van der Waals surface area (Å²) in [5.41, 5.74) is 0. The maximum Gasteiger partial charge on any atom is 0.308 e. The molecular weight excluding hydrogens is 252 g/mol. The molecule has 1 atom stereocenters. The molecule has 0 spiro atoms. The molecule has 0 bridgehead atoms. The first-order chi connectivity index (χ1) is 9.75. The highest BCUT2D eigenvalue weighted by molar-refractivity contribution is 5.71. The van der Waals surface area contributed by atoms with Crippen LogP contribution in [0.1, 0.15) is 51.9 Å². The number of hydrogen-bond donors (Lipinski definition) is 0. The number of nitrogens with zero attached hydrogens (tertiary/aromatic N) is 2. The molecule has 0 aromatic carbocycles. The van der Waals surface area contributed by atoms with Crippen molar-refractivity contribution in [2.75, 3.05) is 6.61 Å². The molecule has 1 aromatic heterocycles. The summed E-state index contributed by atoms with van der Waals surface area (Å²) in [4.78, 5) is 11.9. The Kier molecular flexibility index (Phi) is 6.09. The fraction of sp³-hybridized carbons (Fsp3) is 0.750. The van der Waals surface area contributed by atoms with Gasteiger partial charge in [0.05, 0.1) is 12.5 Å². The van der Waals surface area contributed by atoms with Crippen molar-refractivity contribution in [3.63, 3.8) is 0 Å². The summed E-state index contributed by atoms with van der Waals surface area (Å²) < 4.78 is 7.22. The van der Waals surface area contributed by atoms with Gasteiger partial charge in [-0.25, -0.2) is 0 Å². The number of rotatable bonds is 7. The number of ether oxygens (including phenoxy) is 1. The van der Waals surface area contributed by atoms with Crippen LogP contribution in [0.25, 0.3) is 0 Å². The summed E-state index contributed by atoms with van der Waals surface area (Å²) in [5, 5.41) is 4.12. The van der Waals surface area contributed by atoms with Crippen LogP contribution in [-0.4, -0.2) is 22.4 Å². The predicted octanol–water partition coefficient (Wildman–Crippen LogP) is 3.42. The highest BCUT2D eigenvalue weighted by Crippen LogP contribution is 2.29. The number of esters is 1. The highest BCUT2D eigenvalue weighted by atomic mass is 16.5. The van der Waals surface area contributed by atoms with Crippen LogP contribution in [0.2, 0.25) is 0 Å². The maximum absolute atomic E-state index is 11.9. The number of aryl methyl sites for hydroxylation is 1. The van der Waals surface area contributed by atoms with Gasteiger partial charge in [-0.1, -0.05) is 39.0 Å². The van der Waals surface area contributed by atoms with Crippen molar-refractivity contribution in [2.45, 2.75) is 58.4 Å². The second-order valence-corrected chi connectivity index (χ2v) is 5.93. The molecule has 0 N–H and O–H groups in total. The molecule has 0 amide bonds. The fourth-order valence-corrected chi connectivity index (χ4v) is 2.99. The molecule has 4 heteroatoms. The number of hydrogen-bond acceptors (Lipinski definition) is 3. The average Bonchev–Trinajstić information content (AvgIpc) is 2.97. The summed E-state index contributed by atoms with van der Waals surface area (Å²) in [6.45, 7) is 3.30. The topological polar surface area (TPSA) is 44.1 Å². The summed E-state index contributed by atoms with van der Waals surface area (Å²) in [7, 11) is 0. The molecule has 4 nitrogen and oxygen atoms in total. The molecule has 20 heavy (non-hydrogen) atoms. The van der Waals surface area contributed by atoms with E-state index in [1.807, 2.05) is 23.9 Å². The van der Waals surface area contributed by atoms with Gasteiger partial charge in [0.1, 0.15) is 0 Å². The van der Waals surface area contributed by atoms with Crippen LogP contribution >= 0.6 is 0 Å². The van der Waals surface area contributed by atoms with Gasteiger partial charge < -0.3 is 4.74 Å². The third-order valence-electron chi connectivity index (χ3n) is 4.15. The quantitative estimate of drug-likeness (QED) is 0.567. The van der Waals surface area contributed by atoms with Crippen molar-refractivity contribution < 1.29 is 9.53 Å². The van der Waals surface area contributed by atoms with Gasteiger partial charge in [-0.15, -0.1) is 0 Å². The van der Waals surface area contributed by atoms with E-state index in [4.69, 9.17) is 4.74 Å². The van der Waals surface area contributed by atoms with Gasteiger partial charge in [0.15, 0.2) is 0 Å². The molecule has 1 fully saturated rings. The number of carbonyl (C=O) groups is 1. The van der Waals surface area contributed by atoms with Crippen LogP contribution in [0, 0.1) is 11.8 Å². The van der Waals surface area contributed by atoms with Crippen molar-refractivity contribution in [2.24, 2.45) is 11.8 Å². The van der Waals surface area contributed by atoms with Crippen LogP contribution < -0.4 is 0 Å². The van der Waals surface area contributed by atoms with E-state index >= 15 is 0 Å². The summed E-state index contributed by atoms with van der Waals surface area (Å²) >= 11 is 0. The molecule has 2 rings (SSSR count). The van der Waals surface area contributed by atoms with Gasteiger partial charge >= 0.3 is 5.97 Å². The molecule has 1 unspecified atom stereocenters. The van der Waals surface area contributed by atoms with E-state index in [9.17, 15) is 4.79 Å². The van der Waals surface area contributed by atoms with E-state index in [0.29, 0.717) is 6.61 Å². The van der Waals surface area contributed by atoms with Gasteiger partial charge in [-0.05, 0) is 18.4 Å². The van der Waals surface area contributed by atoms with Crippen molar-refractivity contribution >= 4 is 5.97 Å². The average molecular weight is 278 g/mol. The Balaban J connectivity index is 1.58. The SMILES string of the molecule is CC(CC1CCCCC1)C(=O)OCCCn1cccn1. The van der Waals surface area contributed by atoms with Gasteiger partial charge in [-0.2, -0.15) is 5.10 Å². The summed E-state index contributed by atoms with van der Waals surface area (Å²) in [6, 6.07) is 1.90. The normalized spacial score (nSPS) is 17.9. The van der Waals surface area contributed by atoms with Crippen molar-refractivity contribution in [1.82, 2.24) is 9.78 Å². The molecule has 112 valence electrons. The first kappa shape index (κ1) is 15.1. The second-order valence-electron chi connectivity index (χ2n) is 5.93. The van der Waals surface area contributed by atoms with Crippen LogP contribution in [0.15, 0.2) is 18.5 Å². The third-order valence-corrected chi connectivity index (χ3v) is 4.15. The zero-order valence-corrected chi connectivity index (χ0v) is 12.5. The molecule has 1 aromatic rings. The zero-order valence-electron chi connectivity index (χ0n) is 12.5. The van der Waals surface area contributed by atoms with E-state index in [2.05, 4.69) is 5.10 Å². The molecule has 1 heterocycles. The Bertz CT molecular complexity index is 383. The standard InChI is InChI=1S/C16H26N2O2/c1-14(13-15-7-3-2-4-8-15)16(19)20-12-6-11-18-10-5-9-17-18/h5,9-10,14-15H,2-4,6-8,11-13H2,1H3. The van der Waals surface area contributed by atoms with Crippen molar-refractivity contribution in [3.05, 3.63) is 18.5 Å². The predicted molar refractivity (Wildman–Crippen MR) is 78.2 cm³/mol. The molecular formula is C16H26N2O2. The number of carbonyl (C=O) groups excluding carboxylic acids is 1. The van der Waals surface area contributed by atoms with Gasteiger partial charge in [-0.3, -0.25) is 9.48 Å². The lowest BCUT2D eigenvalue weighted by Gasteiger charge is -2.23. The van der Waals surface area contributed by atoms with Crippen LogP contribution in [0.3, 0.4) is 0 Å². The molecule has 0 saturated heterocycles. The summed E-state index contributed by atoms with van der Waals surface area (Å²) in [6.07, 6.45) is 12.1. The van der Waals surface area contributed by atoms with Crippen LogP contribution in [-0.2, 0) is 16.1 Å². The highest BCUT2D eigenvalue weighted by Gasteiger charge is 2.21. The molecule has 1 aliphatic carbocycles. The van der Waals surface area contributed by atoms with E-state index < -0.39 is 0 Å². The van der Waals surface area contributed by atoms with E-state index in [0.717, 1.165) is 25.3 Å². The molecule has 1 aliphatic rings. The van der Waals surface area contributed by atoms with E-state index in [-0.39, 0.29) is 11.9 Å². The molecule has 0 aliphatic heterocycles. The Morgan fingerprint density at radius 1 is 1.40 bits per heavy atom. The Labute approximate surface area is 121 Å². The second kappa shape index (κ2) is 8.08. The van der Waals surface area contributed by atoms with Gasteiger partial charge in [0, 0.05) is 25.4 Å². The first-order valence-corrected chi connectivity index (χ1v) is 7.90. The Hall–Kier alpha value is -1.32. The smallest absolute Gasteiger partial charge is 0.308 e. The lowest BCUT2D eigenvalue weighted by Crippen LogP contribution is -2.20. The monoisotopic (exact) mass is 278 g/mol. The maximum atomic E-state index is 11.9. The molecule has 1 saturated carbocycles. The molecule has 0 radical (unpaired) electrons. The zero-order chi connectivity index (χ0) is 14.2.